The Bertz CT molecular complexity index is 583. The molecule has 1 aliphatic rings. The highest BCUT2D eigenvalue weighted by Crippen LogP contribution is 2.28. The number of halogens is 1. The third-order valence-electron chi connectivity index (χ3n) is 4.46. The van der Waals surface area contributed by atoms with Gasteiger partial charge in [-0.05, 0) is 49.8 Å². The van der Waals surface area contributed by atoms with Crippen LogP contribution in [0, 0.1) is 11.7 Å². The van der Waals surface area contributed by atoms with Crippen molar-refractivity contribution in [2.45, 2.75) is 38.6 Å². The molecule has 0 aromatic heterocycles. The van der Waals surface area contributed by atoms with Crippen molar-refractivity contribution in [3.8, 4) is 0 Å². The minimum atomic E-state index is -0.597. The monoisotopic (exact) mass is 322 g/mol. The molecule has 2 rings (SSSR count). The van der Waals surface area contributed by atoms with Gasteiger partial charge in [-0.2, -0.15) is 0 Å². The Balaban J connectivity index is 2.11. The number of carbonyl (C=O) groups excluding carboxylic acids is 2. The number of aliphatic hydroxyl groups is 1. The molecule has 0 saturated heterocycles. The lowest BCUT2D eigenvalue weighted by Gasteiger charge is -2.34. The quantitative estimate of drug-likeness (QED) is 0.894. The zero-order valence-electron chi connectivity index (χ0n) is 13.5. The van der Waals surface area contributed by atoms with Crippen molar-refractivity contribution < 1.29 is 19.1 Å². The highest BCUT2D eigenvalue weighted by Gasteiger charge is 2.28. The standard InChI is InChI=1S/C17H23FN2O3/c1-11(22)19-13-5-8-16(18)15(9-13)17(23)20(2)14-6-3-12(10-21)4-7-14/h5,8-9,12,14,21H,3-4,6-7,10H2,1-2H3,(H,19,22). The molecule has 1 fully saturated rings. The fourth-order valence-electron chi connectivity index (χ4n) is 3.04. The van der Waals surface area contributed by atoms with Crippen molar-refractivity contribution in [3.05, 3.63) is 29.6 Å². The first-order chi connectivity index (χ1) is 10.9. The molecule has 0 radical (unpaired) electrons. The maximum absolute atomic E-state index is 14.0. The average Bonchev–Trinajstić information content (AvgIpc) is 2.55. The van der Waals surface area contributed by atoms with Crippen molar-refractivity contribution in [1.82, 2.24) is 4.90 Å². The summed E-state index contributed by atoms with van der Waals surface area (Å²) in [6.45, 7) is 1.54. The Labute approximate surface area is 135 Å². The van der Waals surface area contributed by atoms with E-state index in [0.717, 1.165) is 25.7 Å². The van der Waals surface area contributed by atoms with E-state index in [1.165, 1.54) is 25.1 Å². The highest BCUT2D eigenvalue weighted by molar-refractivity contribution is 5.97. The molecule has 5 nitrogen and oxygen atoms in total. The van der Waals surface area contributed by atoms with Crippen molar-refractivity contribution >= 4 is 17.5 Å². The zero-order valence-corrected chi connectivity index (χ0v) is 13.5. The van der Waals surface area contributed by atoms with Gasteiger partial charge < -0.3 is 15.3 Å². The summed E-state index contributed by atoms with van der Waals surface area (Å²) in [5.74, 6) is -0.956. The summed E-state index contributed by atoms with van der Waals surface area (Å²) in [4.78, 5) is 25.2. The summed E-state index contributed by atoms with van der Waals surface area (Å²) in [6, 6.07) is 4.04. The first-order valence-electron chi connectivity index (χ1n) is 7.87. The summed E-state index contributed by atoms with van der Waals surface area (Å²) < 4.78 is 14.0. The van der Waals surface area contributed by atoms with Crippen molar-refractivity contribution in [2.24, 2.45) is 5.92 Å². The topological polar surface area (TPSA) is 69.6 Å². The van der Waals surface area contributed by atoms with Crippen LogP contribution in [0.25, 0.3) is 0 Å². The highest BCUT2D eigenvalue weighted by atomic mass is 19.1. The molecule has 2 N–H and O–H groups in total. The van der Waals surface area contributed by atoms with Gasteiger partial charge in [-0.15, -0.1) is 0 Å². The largest absolute Gasteiger partial charge is 0.396 e. The average molecular weight is 322 g/mol. The third kappa shape index (κ3) is 4.28. The molecule has 0 unspecified atom stereocenters. The number of hydrogen-bond donors (Lipinski definition) is 2. The Kier molecular flexibility index (Phi) is 5.71. The Morgan fingerprint density at radius 2 is 1.96 bits per heavy atom. The van der Waals surface area contributed by atoms with Crippen LogP contribution in [0.3, 0.4) is 0 Å². The van der Waals surface area contributed by atoms with Gasteiger partial charge in [0.2, 0.25) is 5.91 Å². The van der Waals surface area contributed by atoms with E-state index in [-0.39, 0.29) is 30.0 Å². The minimum Gasteiger partial charge on any atom is -0.396 e. The van der Waals surface area contributed by atoms with E-state index in [0.29, 0.717) is 11.6 Å². The Morgan fingerprint density at radius 3 is 2.52 bits per heavy atom. The molecule has 1 saturated carbocycles. The maximum Gasteiger partial charge on any atom is 0.256 e. The van der Waals surface area contributed by atoms with Gasteiger partial charge in [0, 0.05) is 32.3 Å². The number of nitrogens with one attached hydrogen (secondary N) is 1. The second kappa shape index (κ2) is 7.55. The second-order valence-corrected chi connectivity index (χ2v) is 6.15. The molecule has 0 bridgehead atoms. The molecule has 126 valence electrons. The lowest BCUT2D eigenvalue weighted by molar-refractivity contribution is -0.114. The van der Waals surface area contributed by atoms with Crippen LogP contribution in [-0.2, 0) is 4.79 Å². The molecule has 2 amide bonds. The van der Waals surface area contributed by atoms with Gasteiger partial charge in [-0.1, -0.05) is 0 Å². The second-order valence-electron chi connectivity index (χ2n) is 6.15. The molecule has 23 heavy (non-hydrogen) atoms. The Hall–Kier alpha value is -1.95. The molecular formula is C17H23FN2O3. The predicted molar refractivity (Wildman–Crippen MR) is 85.6 cm³/mol. The summed E-state index contributed by atoms with van der Waals surface area (Å²) in [7, 11) is 1.68. The van der Waals surface area contributed by atoms with Crippen LogP contribution in [0.15, 0.2) is 18.2 Å². The van der Waals surface area contributed by atoms with Crippen molar-refractivity contribution in [2.75, 3.05) is 19.0 Å². The molecule has 6 heteroatoms. The summed E-state index contributed by atoms with van der Waals surface area (Å²) in [5, 5.41) is 11.7. The first-order valence-corrected chi connectivity index (χ1v) is 7.87. The van der Waals surface area contributed by atoms with E-state index in [1.54, 1.807) is 11.9 Å². The number of nitrogens with zero attached hydrogens (tertiary/aromatic N) is 1. The van der Waals surface area contributed by atoms with E-state index in [1.807, 2.05) is 0 Å². The molecular weight excluding hydrogens is 299 g/mol. The van der Waals surface area contributed by atoms with Gasteiger partial charge in [0.1, 0.15) is 5.82 Å². The maximum atomic E-state index is 14.0. The third-order valence-corrected chi connectivity index (χ3v) is 4.46. The Morgan fingerprint density at radius 1 is 1.30 bits per heavy atom. The molecule has 1 aromatic carbocycles. The van der Waals surface area contributed by atoms with Crippen LogP contribution >= 0.6 is 0 Å². The van der Waals surface area contributed by atoms with Gasteiger partial charge in [0.05, 0.1) is 5.56 Å². The normalized spacial score (nSPS) is 20.9. The summed E-state index contributed by atoms with van der Waals surface area (Å²) in [6.07, 6.45) is 3.35. The lowest BCUT2D eigenvalue weighted by Crippen LogP contribution is -2.40. The van der Waals surface area contributed by atoms with Crippen LogP contribution in [0.1, 0.15) is 43.0 Å². The minimum absolute atomic E-state index is 0.0389. The van der Waals surface area contributed by atoms with E-state index >= 15 is 0 Å². The summed E-state index contributed by atoms with van der Waals surface area (Å²) in [5.41, 5.74) is 0.364. The van der Waals surface area contributed by atoms with Gasteiger partial charge in [0.25, 0.3) is 5.91 Å². The lowest BCUT2D eigenvalue weighted by atomic mass is 9.86. The van der Waals surface area contributed by atoms with Crippen LogP contribution in [0.2, 0.25) is 0 Å². The van der Waals surface area contributed by atoms with Crippen LogP contribution in [0.5, 0.6) is 0 Å². The molecule has 0 atom stereocenters. The molecule has 0 heterocycles. The van der Waals surface area contributed by atoms with E-state index in [2.05, 4.69) is 5.32 Å². The molecule has 0 aliphatic heterocycles. The first kappa shape index (κ1) is 17.4. The zero-order chi connectivity index (χ0) is 17.0. The number of amides is 2. The number of carbonyl (C=O) groups is 2. The van der Waals surface area contributed by atoms with E-state index < -0.39 is 5.82 Å². The van der Waals surface area contributed by atoms with Gasteiger partial charge in [-0.25, -0.2) is 4.39 Å². The summed E-state index contributed by atoms with van der Waals surface area (Å²) >= 11 is 0. The number of hydrogen-bond acceptors (Lipinski definition) is 3. The molecule has 1 aromatic rings. The van der Waals surface area contributed by atoms with Gasteiger partial charge in [-0.3, -0.25) is 9.59 Å². The van der Waals surface area contributed by atoms with Crippen molar-refractivity contribution in [3.63, 3.8) is 0 Å². The fourth-order valence-corrected chi connectivity index (χ4v) is 3.04. The van der Waals surface area contributed by atoms with Crippen LogP contribution < -0.4 is 5.32 Å². The fraction of sp³-hybridized carbons (Fsp3) is 0.529. The van der Waals surface area contributed by atoms with Crippen LogP contribution in [-0.4, -0.2) is 41.5 Å². The number of rotatable bonds is 4. The van der Waals surface area contributed by atoms with Gasteiger partial charge in [0.15, 0.2) is 0 Å². The molecule has 0 spiro atoms. The van der Waals surface area contributed by atoms with E-state index in [4.69, 9.17) is 0 Å². The number of anilines is 1. The van der Waals surface area contributed by atoms with Gasteiger partial charge >= 0.3 is 0 Å². The molecule has 1 aliphatic carbocycles. The van der Waals surface area contributed by atoms with E-state index in [9.17, 15) is 19.1 Å². The number of benzene rings is 1. The van der Waals surface area contributed by atoms with Crippen molar-refractivity contribution in [1.29, 1.82) is 0 Å². The number of aliphatic hydroxyl groups excluding tert-OH is 1. The SMILES string of the molecule is CC(=O)Nc1ccc(F)c(C(=O)N(C)C2CCC(CO)CC2)c1. The van der Waals surface area contributed by atoms with Crippen LogP contribution in [0.4, 0.5) is 10.1 Å². The predicted octanol–water partition coefficient (Wildman–Crippen LogP) is 2.41. The smallest absolute Gasteiger partial charge is 0.256 e.